The first-order valence-electron chi connectivity index (χ1n) is 9.32. The van der Waals surface area contributed by atoms with Gasteiger partial charge in [-0.15, -0.1) is 0 Å². The van der Waals surface area contributed by atoms with Crippen molar-refractivity contribution in [2.45, 2.75) is 31.7 Å². The lowest BCUT2D eigenvalue weighted by atomic mass is 9.85. The first-order chi connectivity index (χ1) is 13.9. The topological polar surface area (TPSA) is 78.5 Å². The summed E-state index contributed by atoms with van der Waals surface area (Å²) < 4.78 is 13.4. The van der Waals surface area contributed by atoms with Gasteiger partial charge in [-0.3, -0.25) is 14.5 Å². The maximum absolute atomic E-state index is 13.4. The monoisotopic (exact) mass is 417 g/mol. The normalized spacial score (nSPS) is 18.7. The second kappa shape index (κ2) is 8.61. The lowest BCUT2D eigenvalue weighted by molar-refractivity contribution is -0.134. The lowest BCUT2D eigenvalue weighted by Gasteiger charge is -2.27. The molecule has 2 aromatic rings. The van der Waals surface area contributed by atoms with Crippen LogP contribution in [0.15, 0.2) is 48.5 Å². The molecule has 0 aromatic heterocycles. The van der Waals surface area contributed by atoms with E-state index in [1.165, 1.54) is 24.3 Å². The molecule has 0 radical (unpaired) electrons. The Morgan fingerprint density at radius 1 is 1.17 bits per heavy atom. The number of imide groups is 1. The van der Waals surface area contributed by atoms with Crippen LogP contribution in [0.2, 0.25) is 5.02 Å². The number of benzene rings is 2. The van der Waals surface area contributed by atoms with Crippen LogP contribution in [0.1, 0.15) is 31.7 Å². The standard InChI is InChI=1S/C21H21ClFN3O3/c1-2-3-12-21(14-8-10-15(23)11-9-14)19(28)26(20(29)25-21)13-18(27)24-17-7-5-4-6-16(17)22/h4-11H,2-3,12-13H2,1H3,(H,24,27)(H,25,29)/t21-/m0/s1. The predicted octanol–water partition coefficient (Wildman–Crippen LogP) is 4.06. The number of carbonyl (C=O) groups is 3. The minimum Gasteiger partial charge on any atom is -0.323 e. The summed E-state index contributed by atoms with van der Waals surface area (Å²) in [5, 5.41) is 5.68. The zero-order chi connectivity index (χ0) is 21.0. The number of nitrogens with zero attached hydrogens (tertiary/aromatic N) is 1. The van der Waals surface area contributed by atoms with E-state index in [0.29, 0.717) is 29.1 Å². The van der Waals surface area contributed by atoms with Crippen molar-refractivity contribution in [2.75, 3.05) is 11.9 Å². The number of halogens is 2. The summed E-state index contributed by atoms with van der Waals surface area (Å²) >= 11 is 6.03. The molecule has 1 aliphatic rings. The molecule has 0 aliphatic carbocycles. The molecule has 1 atom stereocenters. The molecule has 152 valence electrons. The smallest absolute Gasteiger partial charge is 0.323 e. The second-order valence-electron chi connectivity index (χ2n) is 6.87. The minimum absolute atomic E-state index is 0.349. The average molecular weight is 418 g/mol. The maximum Gasteiger partial charge on any atom is 0.325 e. The van der Waals surface area contributed by atoms with Gasteiger partial charge in [0.15, 0.2) is 0 Å². The Labute approximate surface area is 173 Å². The van der Waals surface area contributed by atoms with Crippen LogP contribution in [0, 0.1) is 5.82 Å². The highest BCUT2D eigenvalue weighted by molar-refractivity contribution is 6.33. The summed E-state index contributed by atoms with van der Waals surface area (Å²) in [6.45, 7) is 1.51. The summed E-state index contributed by atoms with van der Waals surface area (Å²) in [4.78, 5) is 39.1. The third kappa shape index (κ3) is 4.24. The van der Waals surface area contributed by atoms with Crippen molar-refractivity contribution in [1.82, 2.24) is 10.2 Å². The van der Waals surface area contributed by atoms with Crippen LogP contribution in [0.4, 0.5) is 14.9 Å². The molecule has 2 aromatic carbocycles. The molecule has 2 N–H and O–H groups in total. The van der Waals surface area contributed by atoms with Gasteiger partial charge in [0.05, 0.1) is 10.7 Å². The van der Waals surface area contributed by atoms with Crippen molar-refractivity contribution in [3.63, 3.8) is 0 Å². The Kier molecular flexibility index (Phi) is 6.17. The predicted molar refractivity (Wildman–Crippen MR) is 108 cm³/mol. The second-order valence-corrected chi connectivity index (χ2v) is 7.27. The maximum atomic E-state index is 13.4. The largest absolute Gasteiger partial charge is 0.325 e. The molecule has 4 amide bonds. The Hall–Kier alpha value is -2.93. The third-order valence-electron chi connectivity index (χ3n) is 4.87. The van der Waals surface area contributed by atoms with E-state index in [1.54, 1.807) is 24.3 Å². The molecule has 6 nitrogen and oxygen atoms in total. The number of para-hydroxylation sites is 1. The Balaban J connectivity index is 1.83. The fourth-order valence-corrected chi connectivity index (χ4v) is 3.53. The Morgan fingerprint density at radius 3 is 2.52 bits per heavy atom. The molecule has 0 unspecified atom stereocenters. The van der Waals surface area contributed by atoms with Crippen LogP contribution >= 0.6 is 11.6 Å². The van der Waals surface area contributed by atoms with Gasteiger partial charge in [0, 0.05) is 0 Å². The van der Waals surface area contributed by atoms with E-state index in [-0.39, 0.29) is 0 Å². The first-order valence-corrected chi connectivity index (χ1v) is 9.69. The number of urea groups is 1. The Bertz CT molecular complexity index is 935. The van der Waals surface area contributed by atoms with Crippen LogP contribution in [-0.2, 0) is 15.1 Å². The lowest BCUT2D eigenvalue weighted by Crippen LogP contribution is -2.44. The van der Waals surface area contributed by atoms with Gasteiger partial charge in [-0.05, 0) is 36.2 Å². The van der Waals surface area contributed by atoms with E-state index in [0.717, 1.165) is 11.3 Å². The summed E-state index contributed by atoms with van der Waals surface area (Å²) in [7, 11) is 0. The highest BCUT2D eigenvalue weighted by Gasteiger charge is 2.52. The number of carbonyl (C=O) groups excluding carboxylic acids is 3. The van der Waals surface area contributed by atoms with Gasteiger partial charge in [-0.2, -0.15) is 0 Å². The molecular formula is C21H21ClFN3O3. The van der Waals surface area contributed by atoms with Gasteiger partial charge in [0.2, 0.25) is 5.91 Å². The fraction of sp³-hybridized carbons (Fsp3) is 0.286. The molecule has 1 heterocycles. The van der Waals surface area contributed by atoms with Crippen molar-refractivity contribution in [3.05, 3.63) is 64.9 Å². The molecule has 3 rings (SSSR count). The zero-order valence-corrected chi connectivity index (χ0v) is 16.6. The van der Waals surface area contributed by atoms with E-state index in [9.17, 15) is 18.8 Å². The molecule has 8 heteroatoms. The SMILES string of the molecule is CCCC[C@@]1(c2ccc(F)cc2)NC(=O)N(CC(=O)Nc2ccccc2Cl)C1=O. The van der Waals surface area contributed by atoms with E-state index < -0.39 is 35.7 Å². The van der Waals surface area contributed by atoms with E-state index >= 15 is 0 Å². The van der Waals surface area contributed by atoms with Gasteiger partial charge in [-0.1, -0.05) is 55.6 Å². The fourth-order valence-electron chi connectivity index (χ4n) is 3.35. The number of hydrogen-bond acceptors (Lipinski definition) is 3. The molecule has 1 fully saturated rings. The molecule has 0 bridgehead atoms. The molecule has 29 heavy (non-hydrogen) atoms. The van der Waals surface area contributed by atoms with Crippen molar-refractivity contribution in [1.29, 1.82) is 0 Å². The number of unbranched alkanes of at least 4 members (excludes halogenated alkanes) is 1. The highest BCUT2D eigenvalue weighted by Crippen LogP contribution is 2.34. The molecule has 1 aliphatic heterocycles. The van der Waals surface area contributed by atoms with Gasteiger partial charge >= 0.3 is 6.03 Å². The van der Waals surface area contributed by atoms with Crippen LogP contribution in [-0.4, -0.2) is 29.3 Å². The van der Waals surface area contributed by atoms with Crippen LogP contribution in [0.25, 0.3) is 0 Å². The summed E-state index contributed by atoms with van der Waals surface area (Å²) in [6.07, 6.45) is 1.82. The van der Waals surface area contributed by atoms with Crippen molar-refractivity contribution >= 4 is 35.1 Å². The zero-order valence-electron chi connectivity index (χ0n) is 15.9. The number of hydrogen-bond donors (Lipinski definition) is 2. The first kappa shape index (κ1) is 20.8. The number of amides is 4. The molecule has 0 spiro atoms. The van der Waals surface area contributed by atoms with E-state index in [2.05, 4.69) is 10.6 Å². The number of anilines is 1. The van der Waals surface area contributed by atoms with E-state index in [4.69, 9.17) is 11.6 Å². The number of nitrogens with one attached hydrogen (secondary N) is 2. The van der Waals surface area contributed by atoms with Crippen LogP contribution < -0.4 is 10.6 Å². The van der Waals surface area contributed by atoms with Gasteiger partial charge in [0.25, 0.3) is 5.91 Å². The van der Waals surface area contributed by atoms with Gasteiger partial charge < -0.3 is 10.6 Å². The Morgan fingerprint density at radius 2 is 1.86 bits per heavy atom. The summed E-state index contributed by atoms with van der Waals surface area (Å²) in [5.41, 5.74) is -0.437. The molecule has 1 saturated heterocycles. The summed E-state index contributed by atoms with van der Waals surface area (Å²) in [6, 6.07) is 11.5. The average Bonchev–Trinajstić information content (AvgIpc) is 2.94. The van der Waals surface area contributed by atoms with Crippen molar-refractivity contribution in [2.24, 2.45) is 0 Å². The quantitative estimate of drug-likeness (QED) is 0.667. The summed E-state index contributed by atoms with van der Waals surface area (Å²) in [5.74, 6) is -1.52. The minimum atomic E-state index is -1.31. The third-order valence-corrected chi connectivity index (χ3v) is 5.20. The van der Waals surface area contributed by atoms with Crippen LogP contribution in [0.3, 0.4) is 0 Å². The van der Waals surface area contributed by atoms with Crippen LogP contribution in [0.5, 0.6) is 0 Å². The molecule has 0 saturated carbocycles. The molecular weight excluding hydrogens is 397 g/mol. The van der Waals surface area contributed by atoms with Gasteiger partial charge in [0.1, 0.15) is 17.9 Å². The van der Waals surface area contributed by atoms with Crippen molar-refractivity contribution in [3.8, 4) is 0 Å². The highest BCUT2D eigenvalue weighted by atomic mass is 35.5. The van der Waals surface area contributed by atoms with Gasteiger partial charge in [-0.25, -0.2) is 9.18 Å². The number of rotatable bonds is 7. The van der Waals surface area contributed by atoms with E-state index in [1.807, 2.05) is 6.92 Å². The van der Waals surface area contributed by atoms with Crippen molar-refractivity contribution < 1.29 is 18.8 Å².